The van der Waals surface area contributed by atoms with E-state index in [1.807, 2.05) is 30.3 Å². The summed E-state index contributed by atoms with van der Waals surface area (Å²) in [5, 5.41) is 3.16. The van der Waals surface area contributed by atoms with Gasteiger partial charge >= 0.3 is 0 Å². The molecule has 2 aliphatic rings. The van der Waals surface area contributed by atoms with Crippen LogP contribution in [0.15, 0.2) is 54.6 Å². The summed E-state index contributed by atoms with van der Waals surface area (Å²) in [5.74, 6) is 0.0293. The number of carbonyl (C=O) groups is 1. The average Bonchev–Trinajstić information content (AvgIpc) is 3.24. The van der Waals surface area contributed by atoms with E-state index in [2.05, 4.69) is 91.1 Å². The highest BCUT2D eigenvalue weighted by Crippen LogP contribution is 2.69. The van der Waals surface area contributed by atoms with Gasteiger partial charge in [-0.1, -0.05) is 155 Å². The quantitative estimate of drug-likeness (QED) is 0.0654. The predicted molar refractivity (Wildman–Crippen MR) is 218 cm³/mol. The van der Waals surface area contributed by atoms with Gasteiger partial charge in [0, 0.05) is 36.0 Å². The third-order valence-corrected chi connectivity index (χ3v) is 16.5. The van der Waals surface area contributed by atoms with Crippen molar-refractivity contribution in [2.75, 3.05) is 26.4 Å². The molecule has 298 valence electrons. The standard InChI is InChI=1S/C45H73NO6Si/c1-41(2,3)53(8,9)50-39-29-25-28-38(34-39)44-45(52-51-44,43(6,7)36-49-44)42(4,5)35-48-33-24-19-17-15-13-11-10-12-14-16-18-23-30-40(47)46-32-31-37-26-21-20-22-27-37/h20-22,25-29,34H,10-19,23-24,30-33,35-36H2,1-9H3,(H,46,47). The lowest BCUT2D eigenvalue weighted by molar-refractivity contribution is -0.628. The average molecular weight is 752 g/mol. The molecule has 7 nitrogen and oxygen atoms in total. The molecule has 0 saturated carbocycles. The van der Waals surface area contributed by atoms with Crippen LogP contribution in [-0.4, -0.2) is 46.2 Å². The SMILES string of the molecule is CC(C)(COCCCCCCCCCCCCCCC(=O)NCCc1ccccc1)C12OOC1(c1cccc(O[Si](C)(C)C(C)(C)C)c1)OCC2(C)C. The first kappa shape index (κ1) is 43.5. The van der Waals surface area contributed by atoms with Crippen molar-refractivity contribution in [2.24, 2.45) is 10.8 Å². The van der Waals surface area contributed by atoms with Crippen LogP contribution < -0.4 is 9.74 Å². The molecule has 2 saturated heterocycles. The van der Waals surface area contributed by atoms with Crippen molar-refractivity contribution in [1.29, 1.82) is 0 Å². The Morgan fingerprint density at radius 1 is 0.792 bits per heavy atom. The molecule has 2 aromatic carbocycles. The van der Waals surface area contributed by atoms with Gasteiger partial charge in [-0.25, -0.2) is 4.89 Å². The van der Waals surface area contributed by atoms with Crippen molar-refractivity contribution >= 4 is 14.2 Å². The molecule has 4 rings (SSSR count). The number of hydrogen-bond donors (Lipinski definition) is 1. The van der Waals surface area contributed by atoms with Crippen molar-refractivity contribution in [3.05, 3.63) is 65.7 Å². The first-order chi connectivity index (χ1) is 25.1. The van der Waals surface area contributed by atoms with Crippen LogP contribution >= 0.6 is 0 Å². The van der Waals surface area contributed by atoms with Crippen LogP contribution in [0.3, 0.4) is 0 Å². The minimum Gasteiger partial charge on any atom is -0.543 e. The Balaban J connectivity index is 1.07. The number of carbonyl (C=O) groups excluding carboxylic acids is 1. The van der Waals surface area contributed by atoms with E-state index in [1.54, 1.807) is 0 Å². The summed E-state index contributed by atoms with van der Waals surface area (Å²) >= 11 is 0. The van der Waals surface area contributed by atoms with Crippen molar-refractivity contribution < 1.29 is 28.5 Å². The normalized spacial score (nSPS) is 21.2. The number of fused-ring (bicyclic) bond motifs is 1. The summed E-state index contributed by atoms with van der Waals surface area (Å²) in [7, 11) is -2.02. The highest BCUT2D eigenvalue weighted by Gasteiger charge is 2.82. The fraction of sp³-hybridized carbons (Fsp3) is 0.711. The van der Waals surface area contributed by atoms with Gasteiger partial charge < -0.3 is 19.2 Å². The summed E-state index contributed by atoms with van der Waals surface area (Å²) in [6.07, 6.45) is 16.3. The Labute approximate surface area is 323 Å². The minimum atomic E-state index is -2.02. The maximum atomic E-state index is 12.1. The van der Waals surface area contributed by atoms with Gasteiger partial charge in [0.05, 0.1) is 13.2 Å². The van der Waals surface area contributed by atoms with E-state index in [-0.39, 0.29) is 21.8 Å². The van der Waals surface area contributed by atoms with Crippen molar-refractivity contribution in [3.8, 4) is 5.75 Å². The molecule has 0 aliphatic carbocycles. The summed E-state index contributed by atoms with van der Waals surface area (Å²) in [6, 6.07) is 18.6. The van der Waals surface area contributed by atoms with Crippen molar-refractivity contribution in [1.82, 2.24) is 5.32 Å². The largest absolute Gasteiger partial charge is 0.543 e. The van der Waals surface area contributed by atoms with E-state index in [0.717, 1.165) is 50.1 Å². The fourth-order valence-electron chi connectivity index (χ4n) is 8.06. The van der Waals surface area contributed by atoms with Crippen LogP contribution in [-0.2, 0) is 36.3 Å². The predicted octanol–water partition coefficient (Wildman–Crippen LogP) is 11.5. The molecule has 2 unspecified atom stereocenters. The molecular formula is C45H73NO6Si. The van der Waals surface area contributed by atoms with E-state index in [4.69, 9.17) is 23.7 Å². The Morgan fingerprint density at radius 3 is 1.98 bits per heavy atom. The highest BCUT2D eigenvalue weighted by atomic mass is 28.4. The number of rotatable bonds is 24. The number of benzene rings is 2. The third kappa shape index (κ3) is 10.8. The van der Waals surface area contributed by atoms with Gasteiger partial charge in [0.1, 0.15) is 5.75 Å². The number of hydrogen-bond acceptors (Lipinski definition) is 6. The van der Waals surface area contributed by atoms with Crippen molar-refractivity contribution in [2.45, 2.75) is 168 Å². The second-order valence-corrected chi connectivity index (χ2v) is 23.3. The smallest absolute Gasteiger partial charge is 0.261 e. The summed E-state index contributed by atoms with van der Waals surface area (Å²) in [6.45, 7) is 22.8. The van der Waals surface area contributed by atoms with Crippen LogP contribution in [0.1, 0.15) is 143 Å². The molecule has 2 heterocycles. The van der Waals surface area contributed by atoms with Gasteiger partial charge in [-0.2, -0.15) is 4.89 Å². The number of unbranched alkanes of at least 4 members (excludes halogenated alkanes) is 11. The van der Waals surface area contributed by atoms with Crippen LogP contribution in [0.5, 0.6) is 5.75 Å². The highest BCUT2D eigenvalue weighted by molar-refractivity contribution is 6.74. The molecule has 0 spiro atoms. The maximum absolute atomic E-state index is 12.1. The zero-order valence-electron chi connectivity index (χ0n) is 34.9. The summed E-state index contributed by atoms with van der Waals surface area (Å²) in [5.41, 5.74) is 0.813. The van der Waals surface area contributed by atoms with E-state index in [1.165, 1.54) is 63.4 Å². The van der Waals surface area contributed by atoms with E-state index < -0.39 is 19.7 Å². The molecule has 2 aliphatic heterocycles. The molecule has 2 aromatic rings. The summed E-state index contributed by atoms with van der Waals surface area (Å²) in [4.78, 5) is 24.3. The van der Waals surface area contributed by atoms with E-state index in [9.17, 15) is 4.79 Å². The van der Waals surface area contributed by atoms with Crippen LogP contribution in [0.2, 0.25) is 18.1 Å². The molecule has 0 radical (unpaired) electrons. The Hall–Kier alpha value is -2.23. The molecule has 2 fully saturated rings. The molecule has 8 heteroatoms. The molecule has 0 aromatic heterocycles. The first-order valence-electron chi connectivity index (χ1n) is 20.8. The summed E-state index contributed by atoms with van der Waals surface area (Å²) < 4.78 is 19.6. The third-order valence-electron chi connectivity index (χ3n) is 12.2. The van der Waals surface area contributed by atoms with Crippen LogP contribution in [0.25, 0.3) is 0 Å². The van der Waals surface area contributed by atoms with Gasteiger partial charge in [-0.3, -0.25) is 4.79 Å². The lowest BCUT2D eigenvalue weighted by Gasteiger charge is -2.61. The fourth-order valence-corrected chi connectivity index (χ4v) is 9.08. The second-order valence-electron chi connectivity index (χ2n) is 18.5. The van der Waals surface area contributed by atoms with E-state index in [0.29, 0.717) is 19.6 Å². The molecule has 1 amide bonds. The first-order valence-corrected chi connectivity index (χ1v) is 23.7. The monoisotopic (exact) mass is 752 g/mol. The molecular weight excluding hydrogens is 679 g/mol. The number of ether oxygens (including phenoxy) is 2. The second kappa shape index (κ2) is 19.1. The zero-order valence-corrected chi connectivity index (χ0v) is 35.9. The number of amides is 1. The van der Waals surface area contributed by atoms with Crippen LogP contribution in [0, 0.1) is 10.8 Å². The zero-order chi connectivity index (χ0) is 38.6. The Bertz CT molecular complexity index is 1410. The van der Waals surface area contributed by atoms with Crippen molar-refractivity contribution in [3.63, 3.8) is 0 Å². The van der Waals surface area contributed by atoms with Gasteiger partial charge in [0.25, 0.3) is 5.79 Å². The molecule has 53 heavy (non-hydrogen) atoms. The van der Waals surface area contributed by atoms with Gasteiger partial charge in [0.15, 0.2) is 5.60 Å². The minimum absolute atomic E-state index is 0.0968. The Kier molecular flexibility index (Phi) is 15.7. The Morgan fingerprint density at radius 2 is 1.40 bits per heavy atom. The molecule has 0 bridgehead atoms. The van der Waals surface area contributed by atoms with Gasteiger partial charge in [0.2, 0.25) is 14.2 Å². The van der Waals surface area contributed by atoms with Gasteiger partial charge in [-0.05, 0) is 55.1 Å². The molecule has 2 atom stereocenters. The van der Waals surface area contributed by atoms with E-state index >= 15 is 0 Å². The molecule has 1 N–H and O–H groups in total. The lowest BCUT2D eigenvalue weighted by Crippen LogP contribution is -2.74. The van der Waals surface area contributed by atoms with Gasteiger partial charge in [-0.15, -0.1) is 0 Å². The maximum Gasteiger partial charge on any atom is 0.261 e. The number of nitrogens with one attached hydrogen (secondary N) is 1. The van der Waals surface area contributed by atoms with Crippen LogP contribution in [0.4, 0.5) is 0 Å². The topological polar surface area (TPSA) is 75.3 Å². The lowest BCUT2D eigenvalue weighted by atomic mass is 9.57.